The third-order valence-electron chi connectivity index (χ3n) is 4.78. The average Bonchev–Trinajstić information content (AvgIpc) is 3.26. The predicted octanol–water partition coefficient (Wildman–Crippen LogP) is 0.448. The van der Waals surface area contributed by atoms with Gasteiger partial charge in [0.25, 0.3) is 6.47 Å². The highest BCUT2D eigenvalue weighted by molar-refractivity contribution is 6.06. The number of rotatable bonds is 5. The lowest BCUT2D eigenvalue weighted by Crippen LogP contribution is -2.47. The van der Waals surface area contributed by atoms with Crippen LogP contribution < -0.4 is 10.6 Å². The number of aromatic nitrogens is 4. The molecule has 10 heteroatoms. The Bertz CT molecular complexity index is 954. The van der Waals surface area contributed by atoms with E-state index in [1.807, 2.05) is 35.0 Å². The molecule has 3 aromatic rings. The number of para-hydroxylation sites is 1. The first kappa shape index (κ1) is 20.2. The monoisotopic (exact) mass is 397 g/mol. The van der Waals surface area contributed by atoms with Crippen LogP contribution in [0.2, 0.25) is 0 Å². The molecule has 0 radical (unpaired) electrons. The lowest BCUT2D eigenvalue weighted by Gasteiger charge is -2.35. The van der Waals surface area contributed by atoms with Crippen LogP contribution in [0.4, 0.5) is 5.82 Å². The van der Waals surface area contributed by atoms with Gasteiger partial charge in [0.2, 0.25) is 5.91 Å². The van der Waals surface area contributed by atoms with E-state index in [2.05, 4.69) is 19.9 Å². The Labute approximate surface area is 167 Å². The molecule has 2 aromatic heterocycles. The predicted molar refractivity (Wildman–Crippen MR) is 108 cm³/mol. The summed E-state index contributed by atoms with van der Waals surface area (Å²) in [5, 5.41) is 11.8. The first-order valence-corrected chi connectivity index (χ1v) is 9.19. The third-order valence-corrected chi connectivity index (χ3v) is 4.78. The minimum Gasteiger partial charge on any atom is -0.483 e. The number of hydrogen-bond acceptors (Lipinski definition) is 7. The number of amides is 1. The quantitative estimate of drug-likeness (QED) is 0.594. The van der Waals surface area contributed by atoms with Crippen molar-refractivity contribution >= 4 is 29.1 Å². The number of benzene rings is 1. The van der Waals surface area contributed by atoms with E-state index in [4.69, 9.17) is 20.6 Å². The number of nitrogens with zero attached hydrogens (tertiary/aromatic N) is 6. The van der Waals surface area contributed by atoms with Gasteiger partial charge in [-0.15, -0.1) is 0 Å². The number of carbonyl (C=O) groups is 2. The van der Waals surface area contributed by atoms with E-state index in [9.17, 15) is 4.79 Å². The second-order valence-corrected chi connectivity index (χ2v) is 6.50. The SMILES string of the molecule is NC(=O)c1cc(N2CCN(CCn3cncn3)CC2)nc2ccccc12.O=CO. The minimum absolute atomic E-state index is 0.250. The lowest BCUT2D eigenvalue weighted by atomic mass is 10.1. The van der Waals surface area contributed by atoms with Gasteiger partial charge in [-0.1, -0.05) is 18.2 Å². The number of carboxylic acid groups (broad SMARTS) is 1. The highest BCUT2D eigenvalue weighted by Gasteiger charge is 2.20. The fourth-order valence-corrected chi connectivity index (χ4v) is 3.32. The van der Waals surface area contributed by atoms with E-state index < -0.39 is 5.91 Å². The fraction of sp³-hybridized carbons (Fsp3) is 0.316. The Hall–Kier alpha value is -3.53. The molecule has 0 aliphatic carbocycles. The summed E-state index contributed by atoms with van der Waals surface area (Å²) >= 11 is 0. The second kappa shape index (κ2) is 9.60. The van der Waals surface area contributed by atoms with Crippen molar-refractivity contribution in [1.29, 1.82) is 0 Å². The molecule has 1 saturated heterocycles. The van der Waals surface area contributed by atoms with Gasteiger partial charge < -0.3 is 15.7 Å². The van der Waals surface area contributed by atoms with Crippen LogP contribution in [0.15, 0.2) is 43.0 Å². The van der Waals surface area contributed by atoms with Gasteiger partial charge in [-0.05, 0) is 12.1 Å². The van der Waals surface area contributed by atoms with Gasteiger partial charge in [0, 0.05) is 38.1 Å². The first-order valence-electron chi connectivity index (χ1n) is 9.19. The van der Waals surface area contributed by atoms with Crippen molar-refractivity contribution in [3.05, 3.63) is 48.5 Å². The third kappa shape index (κ3) is 5.05. The maximum atomic E-state index is 11.9. The van der Waals surface area contributed by atoms with Crippen molar-refractivity contribution in [2.75, 3.05) is 37.6 Å². The molecule has 3 N–H and O–H groups in total. The van der Waals surface area contributed by atoms with Gasteiger partial charge in [-0.2, -0.15) is 5.10 Å². The first-order chi connectivity index (χ1) is 14.1. The fourth-order valence-electron chi connectivity index (χ4n) is 3.32. The molecule has 1 fully saturated rings. The van der Waals surface area contributed by atoms with Crippen LogP contribution in [0, 0.1) is 0 Å². The highest BCUT2D eigenvalue weighted by Crippen LogP contribution is 2.23. The number of fused-ring (bicyclic) bond motifs is 1. The Morgan fingerprint density at radius 2 is 1.90 bits per heavy atom. The maximum absolute atomic E-state index is 11.9. The Balaban J connectivity index is 0.000000755. The zero-order valence-corrected chi connectivity index (χ0v) is 15.9. The van der Waals surface area contributed by atoms with Crippen LogP contribution in [-0.2, 0) is 11.3 Å². The summed E-state index contributed by atoms with van der Waals surface area (Å²) < 4.78 is 1.84. The summed E-state index contributed by atoms with van der Waals surface area (Å²) in [5.74, 6) is 0.393. The molecular weight excluding hydrogens is 374 g/mol. The van der Waals surface area contributed by atoms with Gasteiger partial charge in [-0.3, -0.25) is 19.2 Å². The molecule has 1 aliphatic heterocycles. The van der Waals surface area contributed by atoms with Gasteiger partial charge in [0.15, 0.2) is 0 Å². The Morgan fingerprint density at radius 1 is 1.17 bits per heavy atom. The summed E-state index contributed by atoms with van der Waals surface area (Å²) in [7, 11) is 0. The van der Waals surface area contributed by atoms with E-state index in [0.29, 0.717) is 5.56 Å². The molecule has 0 unspecified atom stereocenters. The average molecular weight is 397 g/mol. The number of pyridine rings is 1. The highest BCUT2D eigenvalue weighted by atomic mass is 16.3. The molecule has 29 heavy (non-hydrogen) atoms. The van der Waals surface area contributed by atoms with E-state index in [-0.39, 0.29) is 6.47 Å². The van der Waals surface area contributed by atoms with E-state index >= 15 is 0 Å². The summed E-state index contributed by atoms with van der Waals surface area (Å²) in [6.07, 6.45) is 3.29. The Morgan fingerprint density at radius 3 is 2.55 bits per heavy atom. The van der Waals surface area contributed by atoms with Crippen molar-refractivity contribution in [1.82, 2.24) is 24.6 Å². The number of hydrogen-bond donors (Lipinski definition) is 2. The molecule has 0 atom stereocenters. The van der Waals surface area contributed by atoms with Crippen LogP contribution in [0.25, 0.3) is 10.9 Å². The normalized spacial score (nSPS) is 14.3. The molecule has 1 aliphatic rings. The second-order valence-electron chi connectivity index (χ2n) is 6.50. The van der Waals surface area contributed by atoms with Crippen molar-refractivity contribution in [2.45, 2.75) is 6.54 Å². The van der Waals surface area contributed by atoms with Crippen molar-refractivity contribution in [3.63, 3.8) is 0 Å². The largest absolute Gasteiger partial charge is 0.483 e. The molecule has 3 heterocycles. The molecule has 10 nitrogen and oxygen atoms in total. The summed E-state index contributed by atoms with van der Waals surface area (Å²) in [6.45, 7) is 5.13. The summed E-state index contributed by atoms with van der Waals surface area (Å²) in [4.78, 5) is 33.5. The molecular formula is C19H23N7O3. The number of anilines is 1. The number of carbonyl (C=O) groups excluding carboxylic acids is 1. The molecule has 0 spiro atoms. The van der Waals surface area contributed by atoms with E-state index in [1.165, 1.54) is 0 Å². The zero-order valence-electron chi connectivity index (χ0n) is 15.9. The molecule has 0 saturated carbocycles. The number of piperazine rings is 1. The molecule has 152 valence electrons. The van der Waals surface area contributed by atoms with E-state index in [1.54, 1.807) is 12.7 Å². The van der Waals surface area contributed by atoms with Crippen LogP contribution in [0.3, 0.4) is 0 Å². The van der Waals surface area contributed by atoms with Gasteiger partial charge in [0.05, 0.1) is 17.6 Å². The van der Waals surface area contributed by atoms with Crippen molar-refractivity contribution in [3.8, 4) is 0 Å². The zero-order chi connectivity index (χ0) is 20.6. The Kier molecular flexibility index (Phi) is 6.69. The maximum Gasteiger partial charge on any atom is 0.290 e. The molecule has 4 rings (SSSR count). The van der Waals surface area contributed by atoms with Crippen LogP contribution in [-0.4, -0.2) is 74.9 Å². The van der Waals surface area contributed by atoms with Gasteiger partial charge in [-0.25, -0.2) is 9.97 Å². The topological polar surface area (TPSA) is 130 Å². The van der Waals surface area contributed by atoms with Crippen LogP contribution in [0.1, 0.15) is 10.4 Å². The molecule has 0 bridgehead atoms. The van der Waals surface area contributed by atoms with Crippen LogP contribution >= 0.6 is 0 Å². The van der Waals surface area contributed by atoms with Crippen molar-refractivity contribution in [2.24, 2.45) is 5.73 Å². The van der Waals surface area contributed by atoms with Crippen LogP contribution in [0.5, 0.6) is 0 Å². The molecule has 1 aromatic carbocycles. The minimum atomic E-state index is -0.420. The van der Waals surface area contributed by atoms with Crippen molar-refractivity contribution < 1.29 is 14.7 Å². The van der Waals surface area contributed by atoms with E-state index in [0.717, 1.165) is 56.0 Å². The van der Waals surface area contributed by atoms with Gasteiger partial charge >= 0.3 is 0 Å². The standard InChI is InChI=1S/C18H21N7O.CH2O2/c19-18(26)15-11-17(22-16-4-2-1-3-14(15)16)24-8-5-23(6-9-24)7-10-25-13-20-12-21-25;2-1-3/h1-4,11-13H,5-10H2,(H2,19,26);1H,(H,2,3). The number of nitrogens with two attached hydrogens (primary N) is 1. The molecule has 1 amide bonds. The lowest BCUT2D eigenvalue weighted by molar-refractivity contribution is -0.122. The summed E-state index contributed by atoms with van der Waals surface area (Å²) in [5.41, 5.74) is 6.91. The number of primary amides is 1. The smallest absolute Gasteiger partial charge is 0.290 e. The summed E-state index contributed by atoms with van der Waals surface area (Å²) in [6, 6.07) is 9.43. The van der Waals surface area contributed by atoms with Gasteiger partial charge in [0.1, 0.15) is 18.5 Å².